The van der Waals surface area contributed by atoms with Crippen molar-refractivity contribution in [3.8, 4) is 11.1 Å². The first kappa shape index (κ1) is 30.1. The summed E-state index contributed by atoms with van der Waals surface area (Å²) < 4.78 is 79.4. The Kier molecular flexibility index (Phi) is 7.67. The zero-order valence-corrected chi connectivity index (χ0v) is 24.1. The first-order valence-electron chi connectivity index (χ1n) is 13.2. The molecule has 8 nitrogen and oxygen atoms in total. The number of halogens is 5. The summed E-state index contributed by atoms with van der Waals surface area (Å²) in [6, 6.07) is 2.69. The molecule has 5 rings (SSSR count). The molecule has 226 valence electrons. The highest BCUT2D eigenvalue weighted by Crippen LogP contribution is 2.50. The summed E-state index contributed by atoms with van der Waals surface area (Å²) in [4.78, 5) is 33.3. The normalized spacial score (nSPS) is 19.4. The predicted octanol–water partition coefficient (Wildman–Crippen LogP) is 5.27. The lowest BCUT2D eigenvalue weighted by atomic mass is 9.95. The number of carbonyl (C=O) groups is 1. The Morgan fingerprint density at radius 3 is 2.45 bits per heavy atom. The number of hydrogen-bond acceptors (Lipinski definition) is 7. The van der Waals surface area contributed by atoms with Crippen molar-refractivity contribution in [2.75, 3.05) is 31.1 Å². The fourth-order valence-corrected chi connectivity index (χ4v) is 6.65. The van der Waals surface area contributed by atoms with Crippen molar-refractivity contribution in [2.24, 2.45) is 0 Å². The van der Waals surface area contributed by atoms with Gasteiger partial charge in [0.1, 0.15) is 23.1 Å². The fourth-order valence-electron chi connectivity index (χ4n) is 5.35. The molecular formula is C28H29F5N4O4S. The van der Waals surface area contributed by atoms with Crippen LogP contribution < -0.4 is 10.6 Å². The van der Waals surface area contributed by atoms with Crippen LogP contribution in [-0.4, -0.2) is 68.8 Å². The number of alkyl halides is 3. The van der Waals surface area contributed by atoms with Crippen molar-refractivity contribution in [3.63, 3.8) is 0 Å². The second-order valence-corrected chi connectivity index (χ2v) is 12.7. The number of thioether (sulfide) groups is 1. The standard InChI is InChI=1S/C28H29F5N4O4S/c1-14-11-35(26(40)41-27(2,3)4)7-8-36(14)24-18-10-19(28(31,32)33)21(17-6-5-15(29)9-20(17)30)23-22(18)37(25(39)34-24)12-16(13-38)42-23/h5-6,9-10,14,16,38H,7-8,11-13H2,1-4H3. The third-order valence-electron chi connectivity index (χ3n) is 7.13. The fraction of sp³-hybridized carbons (Fsp3) is 0.464. The van der Waals surface area contributed by atoms with E-state index in [4.69, 9.17) is 4.74 Å². The van der Waals surface area contributed by atoms with Gasteiger partial charge in [0, 0.05) is 59.7 Å². The Morgan fingerprint density at radius 2 is 1.86 bits per heavy atom. The average molecular weight is 613 g/mol. The minimum Gasteiger partial charge on any atom is -0.444 e. The summed E-state index contributed by atoms with van der Waals surface area (Å²) in [5.41, 5.74) is -3.55. The molecule has 2 aromatic carbocycles. The Balaban J connectivity index is 1.72. The molecular weight excluding hydrogens is 583 g/mol. The molecule has 1 N–H and O–H groups in total. The van der Waals surface area contributed by atoms with Gasteiger partial charge in [0.2, 0.25) is 0 Å². The van der Waals surface area contributed by atoms with Gasteiger partial charge < -0.3 is 19.6 Å². The Morgan fingerprint density at radius 1 is 1.14 bits per heavy atom. The number of aliphatic hydroxyl groups excluding tert-OH is 1. The molecule has 2 atom stereocenters. The van der Waals surface area contributed by atoms with E-state index in [1.54, 1.807) is 32.6 Å². The van der Waals surface area contributed by atoms with Crippen LogP contribution in [-0.2, 0) is 17.5 Å². The lowest BCUT2D eigenvalue weighted by molar-refractivity contribution is -0.137. The molecule has 2 unspecified atom stereocenters. The highest BCUT2D eigenvalue weighted by molar-refractivity contribution is 8.00. The molecule has 1 amide bonds. The summed E-state index contributed by atoms with van der Waals surface area (Å²) in [5.74, 6) is -2.15. The number of nitrogens with zero attached hydrogens (tertiary/aromatic N) is 4. The van der Waals surface area contributed by atoms with Crippen LogP contribution in [0.3, 0.4) is 0 Å². The van der Waals surface area contributed by atoms with E-state index in [0.717, 1.165) is 30.0 Å². The van der Waals surface area contributed by atoms with Crippen molar-refractivity contribution in [3.05, 3.63) is 51.9 Å². The molecule has 1 saturated heterocycles. The minimum atomic E-state index is -4.97. The number of anilines is 1. The number of rotatable bonds is 3. The van der Waals surface area contributed by atoms with Crippen molar-refractivity contribution in [1.29, 1.82) is 0 Å². The lowest BCUT2D eigenvalue weighted by Crippen LogP contribution is -2.55. The molecule has 1 fully saturated rings. The third kappa shape index (κ3) is 5.53. The monoisotopic (exact) mass is 612 g/mol. The number of ether oxygens (including phenoxy) is 1. The van der Waals surface area contributed by atoms with Gasteiger partial charge in [0.15, 0.2) is 0 Å². The van der Waals surface area contributed by atoms with Crippen molar-refractivity contribution in [2.45, 2.75) is 62.2 Å². The van der Waals surface area contributed by atoms with Gasteiger partial charge in [-0.2, -0.15) is 18.2 Å². The average Bonchev–Trinajstić information content (AvgIpc) is 2.88. The van der Waals surface area contributed by atoms with Gasteiger partial charge >= 0.3 is 18.0 Å². The number of benzene rings is 2. The number of aromatic nitrogens is 2. The summed E-state index contributed by atoms with van der Waals surface area (Å²) in [6.07, 6.45) is -5.50. The largest absolute Gasteiger partial charge is 0.444 e. The number of aliphatic hydroxyl groups is 1. The first-order chi connectivity index (χ1) is 19.6. The second-order valence-electron chi connectivity index (χ2n) is 11.4. The maximum atomic E-state index is 15.0. The van der Waals surface area contributed by atoms with E-state index >= 15 is 4.39 Å². The number of hydrogen-bond donors (Lipinski definition) is 1. The molecule has 3 aromatic rings. The van der Waals surface area contributed by atoms with Crippen LogP contribution in [0.1, 0.15) is 33.3 Å². The molecule has 0 aliphatic carbocycles. The van der Waals surface area contributed by atoms with Gasteiger partial charge in [0.25, 0.3) is 0 Å². The van der Waals surface area contributed by atoms with Gasteiger partial charge in [-0.25, -0.2) is 18.4 Å². The Bertz CT molecular complexity index is 1620. The molecule has 1 aromatic heterocycles. The van der Waals surface area contributed by atoms with Crippen LogP contribution in [0, 0.1) is 11.6 Å². The molecule has 42 heavy (non-hydrogen) atoms. The second kappa shape index (κ2) is 10.7. The van der Waals surface area contributed by atoms with Crippen molar-refractivity contribution >= 4 is 34.6 Å². The van der Waals surface area contributed by atoms with Gasteiger partial charge in [-0.05, 0) is 45.9 Å². The van der Waals surface area contributed by atoms with E-state index in [0.29, 0.717) is 6.07 Å². The van der Waals surface area contributed by atoms with Gasteiger partial charge in [-0.15, -0.1) is 11.8 Å². The molecule has 2 aliphatic heterocycles. The van der Waals surface area contributed by atoms with Crippen LogP contribution in [0.15, 0.2) is 34.0 Å². The Labute approximate surface area is 242 Å². The molecule has 3 heterocycles. The van der Waals surface area contributed by atoms with E-state index < -0.39 is 69.8 Å². The van der Waals surface area contributed by atoms with Crippen molar-refractivity contribution in [1.82, 2.24) is 14.5 Å². The number of carbonyl (C=O) groups excluding carboxylic acids is 1. The van der Waals surface area contributed by atoms with E-state index in [9.17, 15) is 32.3 Å². The smallest absolute Gasteiger partial charge is 0.417 e. The number of piperazine rings is 1. The highest BCUT2D eigenvalue weighted by atomic mass is 32.2. The van der Waals surface area contributed by atoms with Crippen LogP contribution >= 0.6 is 11.8 Å². The summed E-state index contributed by atoms with van der Waals surface area (Å²) in [5, 5.41) is 9.23. The van der Waals surface area contributed by atoms with Gasteiger partial charge in [0.05, 0.1) is 22.9 Å². The SMILES string of the molecule is CC1CN(C(=O)OC(C)(C)C)CCN1c1nc(=O)n2c3c(c(-c4ccc(F)cc4F)c(C(F)(F)F)cc13)SC(CO)C2. The molecule has 0 saturated carbocycles. The van der Waals surface area contributed by atoms with Crippen LogP contribution in [0.4, 0.5) is 32.6 Å². The zero-order chi connectivity index (χ0) is 30.7. The van der Waals surface area contributed by atoms with Crippen molar-refractivity contribution < 1.29 is 36.6 Å². The van der Waals surface area contributed by atoms with Crippen LogP contribution in [0.25, 0.3) is 22.0 Å². The van der Waals surface area contributed by atoms with E-state index in [1.165, 1.54) is 9.47 Å². The maximum Gasteiger partial charge on any atom is 0.417 e. The van der Waals surface area contributed by atoms with Gasteiger partial charge in [-0.1, -0.05) is 0 Å². The summed E-state index contributed by atoms with van der Waals surface area (Å²) >= 11 is 0.903. The quantitative estimate of drug-likeness (QED) is 0.403. The predicted molar refractivity (Wildman–Crippen MR) is 148 cm³/mol. The van der Waals surface area contributed by atoms with E-state index in [2.05, 4.69) is 4.98 Å². The highest BCUT2D eigenvalue weighted by Gasteiger charge is 2.40. The van der Waals surface area contributed by atoms with Gasteiger partial charge in [-0.3, -0.25) is 4.57 Å². The topological polar surface area (TPSA) is 87.9 Å². The zero-order valence-electron chi connectivity index (χ0n) is 23.3. The first-order valence-corrected chi connectivity index (χ1v) is 14.1. The Hall–Kier alpha value is -3.39. The lowest BCUT2D eigenvalue weighted by Gasteiger charge is -2.41. The molecule has 14 heteroatoms. The van der Waals surface area contributed by atoms with Crippen LogP contribution in [0.2, 0.25) is 0 Å². The maximum absolute atomic E-state index is 15.0. The third-order valence-corrected chi connectivity index (χ3v) is 8.39. The number of amides is 1. The summed E-state index contributed by atoms with van der Waals surface area (Å²) in [6.45, 7) is 6.96. The van der Waals surface area contributed by atoms with E-state index in [1.807, 2.05) is 0 Å². The summed E-state index contributed by atoms with van der Waals surface area (Å²) in [7, 11) is 0. The molecule has 0 bridgehead atoms. The van der Waals surface area contributed by atoms with E-state index in [-0.39, 0.29) is 47.8 Å². The molecule has 2 aliphatic rings. The molecule has 0 spiro atoms. The minimum absolute atomic E-state index is 0.00325. The van der Waals surface area contributed by atoms with Crippen LogP contribution in [0.5, 0.6) is 0 Å². The molecule has 0 radical (unpaired) electrons.